The second kappa shape index (κ2) is 8.93. The maximum absolute atomic E-state index is 12.7. The van der Waals surface area contributed by atoms with Crippen LogP contribution in [0.5, 0.6) is 0 Å². The van der Waals surface area contributed by atoms with Crippen LogP contribution in [0.15, 0.2) is 29.2 Å². The molecule has 9 heteroatoms. The van der Waals surface area contributed by atoms with Gasteiger partial charge in [0, 0.05) is 43.3 Å². The lowest BCUT2D eigenvalue weighted by Gasteiger charge is -2.34. The highest BCUT2D eigenvalue weighted by Gasteiger charge is 2.30. The minimum absolute atomic E-state index is 0.0793. The third-order valence-electron chi connectivity index (χ3n) is 5.37. The fourth-order valence-electron chi connectivity index (χ4n) is 3.89. The Balaban J connectivity index is 1.57. The molecule has 2 aliphatic heterocycles. The molecular weight excluding hydrogens is 404 g/mol. The first kappa shape index (κ1) is 22.6. The van der Waals surface area contributed by atoms with Gasteiger partial charge in [0.25, 0.3) is 0 Å². The van der Waals surface area contributed by atoms with Crippen molar-refractivity contribution in [2.45, 2.75) is 56.9 Å². The highest BCUT2D eigenvalue weighted by Crippen LogP contribution is 2.23. The van der Waals surface area contributed by atoms with Crippen molar-refractivity contribution in [2.75, 3.05) is 31.5 Å². The molecule has 3 amide bonds. The molecule has 0 spiro atoms. The number of carbonyl (C=O) groups is 2. The smallest absolute Gasteiger partial charge is 0.319 e. The number of nitrogens with zero attached hydrogens (tertiary/aromatic N) is 2. The summed E-state index contributed by atoms with van der Waals surface area (Å²) >= 11 is 0. The summed E-state index contributed by atoms with van der Waals surface area (Å²) < 4.78 is 27.7. The Kier molecular flexibility index (Phi) is 6.71. The summed E-state index contributed by atoms with van der Waals surface area (Å²) in [6.45, 7) is 8.10. The summed E-state index contributed by atoms with van der Waals surface area (Å²) in [6, 6.07) is 6.35. The van der Waals surface area contributed by atoms with Gasteiger partial charge in [-0.1, -0.05) is 6.07 Å². The van der Waals surface area contributed by atoms with Gasteiger partial charge in [0.2, 0.25) is 15.9 Å². The molecule has 0 aromatic heterocycles. The van der Waals surface area contributed by atoms with E-state index in [4.69, 9.17) is 0 Å². The first-order valence-corrected chi connectivity index (χ1v) is 12.0. The van der Waals surface area contributed by atoms with Gasteiger partial charge in [0.15, 0.2) is 0 Å². The number of carbonyl (C=O) groups excluding carboxylic acids is 2. The van der Waals surface area contributed by atoms with Crippen molar-refractivity contribution < 1.29 is 18.0 Å². The molecule has 2 saturated heterocycles. The average molecular weight is 437 g/mol. The maximum atomic E-state index is 12.7. The van der Waals surface area contributed by atoms with Gasteiger partial charge in [-0.15, -0.1) is 0 Å². The first-order chi connectivity index (χ1) is 14.0. The zero-order chi connectivity index (χ0) is 21.9. The molecule has 0 bridgehead atoms. The van der Waals surface area contributed by atoms with Gasteiger partial charge in [-0.25, -0.2) is 17.9 Å². The summed E-state index contributed by atoms with van der Waals surface area (Å²) in [6.07, 6.45) is 3.33. The molecule has 8 nitrogen and oxygen atoms in total. The lowest BCUT2D eigenvalue weighted by atomic mass is 9.96. The van der Waals surface area contributed by atoms with E-state index in [1.165, 1.54) is 12.1 Å². The van der Waals surface area contributed by atoms with Crippen molar-refractivity contribution in [3.05, 3.63) is 24.3 Å². The Morgan fingerprint density at radius 1 is 1.00 bits per heavy atom. The van der Waals surface area contributed by atoms with Crippen LogP contribution in [-0.4, -0.2) is 61.9 Å². The number of urea groups is 1. The van der Waals surface area contributed by atoms with Crippen molar-refractivity contribution in [1.29, 1.82) is 0 Å². The SMILES string of the molecule is CC(C)(C)NS(=O)(=O)c1cccc(NC(=O)C2CCN(C(=O)N3CCCC3)CC2)c1. The minimum Gasteiger partial charge on any atom is -0.326 e. The number of benzene rings is 1. The Hall–Kier alpha value is -2.13. The highest BCUT2D eigenvalue weighted by atomic mass is 32.2. The van der Waals surface area contributed by atoms with Gasteiger partial charge in [-0.2, -0.15) is 0 Å². The molecule has 2 heterocycles. The van der Waals surface area contributed by atoms with Crippen molar-refractivity contribution in [3.8, 4) is 0 Å². The first-order valence-electron chi connectivity index (χ1n) is 10.5. The summed E-state index contributed by atoms with van der Waals surface area (Å²) in [5.41, 5.74) is -0.147. The van der Waals surface area contributed by atoms with E-state index in [1.807, 2.05) is 9.80 Å². The van der Waals surface area contributed by atoms with Crippen LogP contribution in [0.1, 0.15) is 46.5 Å². The second-order valence-electron chi connectivity index (χ2n) is 9.11. The third kappa shape index (κ3) is 5.72. The second-order valence-corrected chi connectivity index (χ2v) is 10.8. The number of rotatable bonds is 4. The summed E-state index contributed by atoms with van der Waals surface area (Å²) in [7, 11) is -3.68. The largest absolute Gasteiger partial charge is 0.326 e. The average Bonchev–Trinajstić information content (AvgIpc) is 3.21. The van der Waals surface area contributed by atoms with Gasteiger partial charge >= 0.3 is 6.03 Å². The summed E-state index contributed by atoms with van der Waals surface area (Å²) in [5.74, 6) is -0.331. The molecule has 2 aliphatic rings. The molecule has 2 N–H and O–H groups in total. The van der Waals surface area contributed by atoms with E-state index in [0.717, 1.165) is 25.9 Å². The molecule has 1 aromatic carbocycles. The Bertz CT molecular complexity index is 881. The summed E-state index contributed by atoms with van der Waals surface area (Å²) in [4.78, 5) is 29.0. The highest BCUT2D eigenvalue weighted by molar-refractivity contribution is 7.89. The number of hydrogen-bond donors (Lipinski definition) is 2. The zero-order valence-electron chi connectivity index (χ0n) is 18.0. The predicted octanol–water partition coefficient (Wildman–Crippen LogP) is 2.63. The molecule has 0 atom stereocenters. The standard InChI is InChI=1S/C21H32N4O4S/c1-21(2,3)23-30(28,29)18-8-6-7-17(15-18)22-19(26)16-9-13-25(14-10-16)20(27)24-11-4-5-12-24/h6-8,15-16,23H,4-5,9-14H2,1-3H3,(H,22,26). The molecule has 0 saturated carbocycles. The van der Waals surface area contributed by atoms with E-state index < -0.39 is 15.6 Å². The molecule has 3 rings (SSSR count). The van der Waals surface area contributed by atoms with Gasteiger partial charge < -0.3 is 15.1 Å². The quantitative estimate of drug-likeness (QED) is 0.758. The minimum atomic E-state index is -3.68. The number of anilines is 1. The molecule has 30 heavy (non-hydrogen) atoms. The topological polar surface area (TPSA) is 98.8 Å². The van der Waals surface area contributed by atoms with Crippen LogP contribution in [0, 0.1) is 5.92 Å². The number of piperidine rings is 1. The van der Waals surface area contributed by atoms with Gasteiger partial charge in [-0.3, -0.25) is 4.79 Å². The molecule has 166 valence electrons. The van der Waals surface area contributed by atoms with Gasteiger partial charge in [0.05, 0.1) is 4.90 Å². The van der Waals surface area contributed by atoms with E-state index in [9.17, 15) is 18.0 Å². The van der Waals surface area contributed by atoms with E-state index >= 15 is 0 Å². The molecule has 1 aromatic rings. The van der Waals surface area contributed by atoms with E-state index in [2.05, 4.69) is 10.0 Å². The maximum Gasteiger partial charge on any atom is 0.319 e. The molecule has 0 unspecified atom stereocenters. The monoisotopic (exact) mass is 436 g/mol. The Morgan fingerprint density at radius 2 is 1.60 bits per heavy atom. The number of nitrogens with one attached hydrogen (secondary N) is 2. The van der Waals surface area contributed by atoms with E-state index in [1.54, 1.807) is 32.9 Å². The Labute approximate surface area is 179 Å². The van der Waals surface area contributed by atoms with Crippen molar-refractivity contribution >= 4 is 27.6 Å². The van der Waals surface area contributed by atoms with Crippen LogP contribution in [-0.2, 0) is 14.8 Å². The van der Waals surface area contributed by atoms with Crippen molar-refractivity contribution in [2.24, 2.45) is 5.92 Å². The van der Waals surface area contributed by atoms with Crippen LogP contribution >= 0.6 is 0 Å². The fraction of sp³-hybridized carbons (Fsp3) is 0.619. The number of sulfonamides is 1. The summed E-state index contributed by atoms with van der Waals surface area (Å²) in [5, 5.41) is 2.84. The normalized spacial score (nSPS) is 18.5. The zero-order valence-corrected chi connectivity index (χ0v) is 18.8. The number of hydrogen-bond acceptors (Lipinski definition) is 4. The van der Waals surface area contributed by atoms with E-state index in [-0.39, 0.29) is 22.8 Å². The molecule has 2 fully saturated rings. The van der Waals surface area contributed by atoms with Crippen molar-refractivity contribution in [3.63, 3.8) is 0 Å². The lowest BCUT2D eigenvalue weighted by molar-refractivity contribution is -0.121. The van der Waals surface area contributed by atoms with Crippen LogP contribution in [0.25, 0.3) is 0 Å². The third-order valence-corrected chi connectivity index (χ3v) is 7.12. The predicted molar refractivity (Wildman–Crippen MR) is 116 cm³/mol. The van der Waals surface area contributed by atoms with Gasteiger partial charge in [-0.05, 0) is 64.7 Å². The Morgan fingerprint density at radius 3 is 2.20 bits per heavy atom. The van der Waals surface area contributed by atoms with E-state index in [0.29, 0.717) is 31.6 Å². The fourth-order valence-corrected chi connectivity index (χ4v) is 5.35. The number of likely N-dealkylation sites (tertiary alicyclic amines) is 2. The van der Waals surface area contributed by atoms with Crippen LogP contribution < -0.4 is 10.0 Å². The van der Waals surface area contributed by atoms with Crippen LogP contribution in [0.4, 0.5) is 10.5 Å². The van der Waals surface area contributed by atoms with Crippen LogP contribution in [0.2, 0.25) is 0 Å². The van der Waals surface area contributed by atoms with Gasteiger partial charge in [0.1, 0.15) is 0 Å². The lowest BCUT2D eigenvalue weighted by Crippen LogP contribution is -2.47. The molecule has 0 aliphatic carbocycles. The van der Waals surface area contributed by atoms with Crippen molar-refractivity contribution in [1.82, 2.24) is 14.5 Å². The van der Waals surface area contributed by atoms with Crippen LogP contribution in [0.3, 0.4) is 0 Å². The number of amides is 3. The molecular formula is C21H32N4O4S. The molecule has 0 radical (unpaired) electrons.